The summed E-state index contributed by atoms with van der Waals surface area (Å²) < 4.78 is 11.6. The maximum atomic E-state index is 13.5. The molecule has 0 spiro atoms. The van der Waals surface area contributed by atoms with E-state index >= 15 is 0 Å². The smallest absolute Gasteiger partial charge is 0.415 e. The molecule has 0 unspecified atom stereocenters. The van der Waals surface area contributed by atoms with Crippen LogP contribution in [0.3, 0.4) is 0 Å². The van der Waals surface area contributed by atoms with E-state index in [2.05, 4.69) is 4.90 Å². The Labute approximate surface area is 255 Å². The van der Waals surface area contributed by atoms with Crippen molar-refractivity contribution in [2.75, 3.05) is 31.9 Å². The number of amides is 1. The number of hydrogen-bond acceptors (Lipinski definition) is 8. The van der Waals surface area contributed by atoms with Gasteiger partial charge in [-0.05, 0) is 79.4 Å². The number of hydrogen-bond donors (Lipinski definition) is 1. The van der Waals surface area contributed by atoms with Crippen molar-refractivity contribution < 1.29 is 29.0 Å². The van der Waals surface area contributed by atoms with E-state index in [0.717, 1.165) is 49.4 Å². The summed E-state index contributed by atoms with van der Waals surface area (Å²) in [5.41, 5.74) is 2.08. The Kier molecular flexibility index (Phi) is 8.97. The summed E-state index contributed by atoms with van der Waals surface area (Å²) >= 11 is 1.41. The third kappa shape index (κ3) is 7.04. The Morgan fingerprint density at radius 2 is 1.60 bits per heavy atom. The van der Waals surface area contributed by atoms with Gasteiger partial charge in [-0.3, -0.25) is 9.80 Å². The van der Waals surface area contributed by atoms with Crippen LogP contribution in [0.25, 0.3) is 0 Å². The van der Waals surface area contributed by atoms with Crippen LogP contribution in [0.2, 0.25) is 0 Å². The minimum absolute atomic E-state index is 0.0439. The van der Waals surface area contributed by atoms with E-state index in [1.54, 1.807) is 42.5 Å². The van der Waals surface area contributed by atoms with Gasteiger partial charge in [0.2, 0.25) is 0 Å². The minimum atomic E-state index is -0.849. The molecule has 224 valence electrons. The third-order valence-electron chi connectivity index (χ3n) is 8.41. The van der Waals surface area contributed by atoms with Gasteiger partial charge in [-0.15, -0.1) is 11.8 Å². The second-order valence-corrected chi connectivity index (χ2v) is 12.5. The van der Waals surface area contributed by atoms with Crippen molar-refractivity contribution >= 4 is 29.8 Å². The molecule has 0 aliphatic carbocycles. The van der Waals surface area contributed by atoms with E-state index < -0.39 is 17.3 Å². The molecule has 2 bridgehead atoms. The highest BCUT2D eigenvalue weighted by Crippen LogP contribution is 2.33. The van der Waals surface area contributed by atoms with Crippen LogP contribution in [0.1, 0.15) is 34.3 Å². The molecule has 43 heavy (non-hydrogen) atoms. The van der Waals surface area contributed by atoms with E-state index in [1.165, 1.54) is 11.8 Å². The van der Waals surface area contributed by atoms with Crippen LogP contribution in [-0.4, -0.2) is 81.2 Å². The topological polar surface area (TPSA) is 99.6 Å². The van der Waals surface area contributed by atoms with Gasteiger partial charge in [0, 0.05) is 31.9 Å². The number of thioether (sulfide) groups is 1. The molecule has 1 N–H and O–H groups in total. The van der Waals surface area contributed by atoms with Gasteiger partial charge in [0.15, 0.2) is 5.37 Å². The zero-order valence-electron chi connectivity index (χ0n) is 23.8. The molecule has 4 fully saturated rings. The predicted molar refractivity (Wildman–Crippen MR) is 163 cm³/mol. The number of piperidine rings is 3. The van der Waals surface area contributed by atoms with Gasteiger partial charge in [0.1, 0.15) is 11.5 Å². The number of nitrogens with zero attached hydrogens (tertiary/aromatic N) is 3. The summed E-state index contributed by atoms with van der Waals surface area (Å²) in [6, 6.07) is 23.5. The fourth-order valence-corrected chi connectivity index (χ4v) is 7.34. The van der Waals surface area contributed by atoms with Crippen molar-refractivity contribution in [2.45, 2.75) is 37.3 Å². The first kappa shape index (κ1) is 29.2. The number of fused-ring (bicyclic) bond motifs is 3. The van der Waals surface area contributed by atoms with Crippen LogP contribution >= 0.6 is 11.8 Å². The summed E-state index contributed by atoms with van der Waals surface area (Å²) in [5.74, 6) is 0.730. The summed E-state index contributed by atoms with van der Waals surface area (Å²) in [6.07, 6.45) is 1.74. The van der Waals surface area contributed by atoms with Gasteiger partial charge in [0.05, 0.1) is 11.6 Å². The van der Waals surface area contributed by atoms with Gasteiger partial charge in [-0.2, -0.15) is 0 Å². The Morgan fingerprint density at radius 1 is 0.860 bits per heavy atom. The molecule has 3 aromatic carbocycles. The molecule has 0 saturated carbocycles. The number of aliphatic carboxylic acids is 1. The fraction of sp³-hybridized carbons (Fsp3) is 0.364. The van der Waals surface area contributed by atoms with Crippen molar-refractivity contribution in [1.29, 1.82) is 0 Å². The average molecular weight is 602 g/mol. The summed E-state index contributed by atoms with van der Waals surface area (Å²) in [4.78, 5) is 44.3. The standard InChI is InChI=1S/C33H35N3O6S/c37-31(38)30-35(16-17-43-30)20-23-6-4-8-26(18-23)32(39)41-28-11-5-7-24(19-28)21-36(29-22-34-14-12-25(29)13-15-34)33(40)42-27-9-2-1-3-10-27/h1-11,18-19,25,29-30H,12-17,20-22H2,(H,37,38)/t29-,30-/m0/s1. The molecule has 0 radical (unpaired) electrons. The number of carboxylic acids is 1. The van der Waals surface area contributed by atoms with Crippen molar-refractivity contribution in [2.24, 2.45) is 5.92 Å². The van der Waals surface area contributed by atoms with Crippen molar-refractivity contribution in [1.82, 2.24) is 14.7 Å². The maximum absolute atomic E-state index is 13.5. The molecule has 3 aromatic rings. The van der Waals surface area contributed by atoms with Crippen molar-refractivity contribution in [3.05, 3.63) is 95.6 Å². The lowest BCUT2D eigenvalue weighted by Crippen LogP contribution is -2.58. The fourth-order valence-electron chi connectivity index (χ4n) is 6.25. The monoisotopic (exact) mass is 601 g/mol. The maximum Gasteiger partial charge on any atom is 0.415 e. The Morgan fingerprint density at radius 3 is 2.35 bits per heavy atom. The van der Waals surface area contributed by atoms with E-state index in [0.29, 0.717) is 42.6 Å². The highest BCUT2D eigenvalue weighted by atomic mass is 32.2. The summed E-state index contributed by atoms with van der Waals surface area (Å²) in [6.45, 7) is 4.40. The lowest BCUT2D eigenvalue weighted by atomic mass is 9.83. The highest BCUT2D eigenvalue weighted by Gasteiger charge is 2.40. The Bertz CT molecular complexity index is 1460. The zero-order chi connectivity index (χ0) is 29.8. The average Bonchev–Trinajstić information content (AvgIpc) is 3.50. The van der Waals surface area contributed by atoms with Gasteiger partial charge in [-0.25, -0.2) is 14.4 Å². The first-order chi connectivity index (χ1) is 20.9. The van der Waals surface area contributed by atoms with Crippen LogP contribution in [0.15, 0.2) is 78.9 Å². The Hall–Kier alpha value is -3.86. The molecule has 2 atom stereocenters. The quantitative estimate of drug-likeness (QED) is 0.270. The first-order valence-corrected chi connectivity index (χ1v) is 15.7. The van der Waals surface area contributed by atoms with Crippen LogP contribution in [0, 0.1) is 5.92 Å². The van der Waals surface area contributed by atoms with Crippen molar-refractivity contribution in [3.8, 4) is 11.5 Å². The van der Waals surface area contributed by atoms with Gasteiger partial charge >= 0.3 is 18.0 Å². The minimum Gasteiger partial charge on any atom is -0.479 e. The molecule has 4 heterocycles. The molecular weight excluding hydrogens is 566 g/mol. The second-order valence-electron chi connectivity index (χ2n) is 11.3. The second kappa shape index (κ2) is 13.2. The number of carbonyl (C=O) groups is 3. The van der Waals surface area contributed by atoms with Crippen LogP contribution < -0.4 is 9.47 Å². The number of para-hydroxylation sites is 1. The molecule has 10 heteroatoms. The first-order valence-electron chi connectivity index (χ1n) is 14.7. The van der Waals surface area contributed by atoms with E-state index in [1.807, 2.05) is 46.2 Å². The lowest BCUT2D eigenvalue weighted by Gasteiger charge is -2.48. The van der Waals surface area contributed by atoms with Crippen molar-refractivity contribution in [3.63, 3.8) is 0 Å². The third-order valence-corrected chi connectivity index (χ3v) is 9.65. The van der Waals surface area contributed by atoms with Crippen LogP contribution in [0.4, 0.5) is 4.79 Å². The number of ether oxygens (including phenoxy) is 2. The molecule has 4 saturated heterocycles. The van der Waals surface area contributed by atoms with Gasteiger partial charge in [-0.1, -0.05) is 42.5 Å². The van der Waals surface area contributed by atoms with E-state index in [9.17, 15) is 19.5 Å². The van der Waals surface area contributed by atoms with Crippen LogP contribution in [0.5, 0.6) is 11.5 Å². The molecular formula is C33H35N3O6S. The predicted octanol–water partition coefficient (Wildman–Crippen LogP) is 4.96. The van der Waals surface area contributed by atoms with E-state index in [-0.39, 0.29) is 12.1 Å². The number of rotatable bonds is 9. The molecule has 0 aromatic heterocycles. The molecule has 1 amide bonds. The largest absolute Gasteiger partial charge is 0.479 e. The lowest BCUT2D eigenvalue weighted by molar-refractivity contribution is -0.139. The number of esters is 1. The summed E-state index contributed by atoms with van der Waals surface area (Å²) in [7, 11) is 0. The SMILES string of the molecule is O=C(Oc1cccc(CN(C(=O)Oc2ccccc2)[C@H]2CN3CCC2CC3)c1)c1cccc(CN2CCS[C@H]2C(=O)O)c1. The normalized spacial score (nSPS) is 23.1. The van der Waals surface area contributed by atoms with E-state index in [4.69, 9.17) is 9.47 Å². The number of carbonyl (C=O) groups excluding carboxylic acids is 2. The van der Waals surface area contributed by atoms with Crippen LogP contribution in [-0.2, 0) is 17.9 Å². The molecule has 4 aliphatic rings. The van der Waals surface area contributed by atoms with Gasteiger partial charge in [0.25, 0.3) is 0 Å². The molecule has 9 nitrogen and oxygen atoms in total. The molecule has 4 aliphatic heterocycles. The number of benzene rings is 3. The Balaban J connectivity index is 1.15. The zero-order valence-corrected chi connectivity index (χ0v) is 24.7. The number of carboxylic acid groups (broad SMARTS) is 1. The summed E-state index contributed by atoms with van der Waals surface area (Å²) in [5, 5.41) is 8.90. The molecule has 7 rings (SSSR count). The van der Waals surface area contributed by atoms with Gasteiger partial charge < -0.3 is 19.5 Å². The highest BCUT2D eigenvalue weighted by molar-refractivity contribution is 8.00.